The van der Waals surface area contributed by atoms with Gasteiger partial charge in [0.05, 0.1) is 12.6 Å². The number of para-hydroxylation sites is 1. The maximum absolute atomic E-state index is 13.5. The molecule has 2 heterocycles. The number of aryl methyl sites for hydroxylation is 1. The van der Waals surface area contributed by atoms with Crippen molar-refractivity contribution >= 4 is 5.91 Å². The largest absolute Gasteiger partial charge is 0.491 e. The number of imidazole rings is 1. The number of amides is 1. The number of carbonyl (C=O) groups excluding carboxylic acids is 1. The van der Waals surface area contributed by atoms with Gasteiger partial charge < -0.3 is 14.2 Å². The molecule has 0 spiro atoms. The zero-order chi connectivity index (χ0) is 17.6. The molecular formula is C19H24FN3O2. The van der Waals surface area contributed by atoms with Crippen molar-refractivity contribution in [2.75, 3.05) is 19.7 Å². The monoisotopic (exact) mass is 345 g/mol. The van der Waals surface area contributed by atoms with E-state index in [1.807, 2.05) is 18.0 Å². The van der Waals surface area contributed by atoms with Crippen molar-refractivity contribution in [3.05, 3.63) is 48.3 Å². The quantitative estimate of drug-likeness (QED) is 0.754. The Bertz CT molecular complexity index is 716. The van der Waals surface area contributed by atoms with E-state index in [1.54, 1.807) is 24.4 Å². The third-order valence-corrected chi connectivity index (χ3v) is 4.63. The molecule has 3 rings (SSSR count). The van der Waals surface area contributed by atoms with Crippen LogP contribution in [-0.2, 0) is 4.79 Å². The highest BCUT2D eigenvalue weighted by atomic mass is 19.1. The van der Waals surface area contributed by atoms with Gasteiger partial charge in [0.25, 0.3) is 0 Å². The molecule has 1 aliphatic rings. The van der Waals surface area contributed by atoms with Crippen LogP contribution < -0.4 is 4.74 Å². The Morgan fingerprint density at radius 2 is 2.24 bits per heavy atom. The number of likely N-dealkylation sites (tertiary alicyclic amines) is 1. The van der Waals surface area contributed by atoms with Gasteiger partial charge in [-0.3, -0.25) is 4.79 Å². The second-order valence-electron chi connectivity index (χ2n) is 6.40. The van der Waals surface area contributed by atoms with Gasteiger partial charge in [-0.05, 0) is 38.3 Å². The molecule has 0 unspecified atom stereocenters. The highest BCUT2D eigenvalue weighted by Gasteiger charge is 2.25. The first-order valence-corrected chi connectivity index (χ1v) is 8.79. The van der Waals surface area contributed by atoms with E-state index < -0.39 is 0 Å². The third kappa shape index (κ3) is 4.38. The Hall–Kier alpha value is -2.37. The fourth-order valence-electron chi connectivity index (χ4n) is 3.31. The first-order chi connectivity index (χ1) is 12.1. The topological polar surface area (TPSA) is 47.4 Å². The van der Waals surface area contributed by atoms with E-state index in [1.165, 1.54) is 6.07 Å². The first kappa shape index (κ1) is 17.5. The molecule has 0 aliphatic carbocycles. The Labute approximate surface area is 147 Å². The minimum absolute atomic E-state index is 0.139. The number of hydrogen-bond donors (Lipinski definition) is 0. The molecule has 0 radical (unpaired) electrons. The van der Waals surface area contributed by atoms with Gasteiger partial charge in [0.15, 0.2) is 11.6 Å². The Morgan fingerprint density at radius 1 is 1.40 bits per heavy atom. The Balaban J connectivity index is 1.45. The molecule has 134 valence electrons. The summed E-state index contributed by atoms with van der Waals surface area (Å²) in [6.07, 6.45) is 6.85. The summed E-state index contributed by atoms with van der Waals surface area (Å²) in [5.41, 5.74) is 0. The maximum atomic E-state index is 13.5. The number of rotatable bonds is 6. The van der Waals surface area contributed by atoms with E-state index in [2.05, 4.69) is 9.55 Å². The van der Waals surface area contributed by atoms with Crippen LogP contribution in [0.15, 0.2) is 36.7 Å². The molecule has 0 N–H and O–H groups in total. The zero-order valence-electron chi connectivity index (χ0n) is 14.5. The molecule has 1 aromatic carbocycles. The second kappa shape index (κ2) is 8.14. The zero-order valence-corrected chi connectivity index (χ0v) is 14.5. The molecule has 1 atom stereocenters. The van der Waals surface area contributed by atoms with E-state index in [-0.39, 0.29) is 17.5 Å². The van der Waals surface area contributed by atoms with Crippen LogP contribution in [0.25, 0.3) is 0 Å². The number of piperidine rings is 1. The molecule has 2 aromatic rings. The third-order valence-electron chi connectivity index (χ3n) is 4.63. The van der Waals surface area contributed by atoms with Crippen molar-refractivity contribution in [2.24, 2.45) is 0 Å². The number of hydrogen-bond acceptors (Lipinski definition) is 3. The van der Waals surface area contributed by atoms with Crippen LogP contribution in [0.1, 0.15) is 37.5 Å². The fourth-order valence-corrected chi connectivity index (χ4v) is 3.31. The number of halogens is 1. The summed E-state index contributed by atoms with van der Waals surface area (Å²) in [6, 6.07) is 6.62. The van der Waals surface area contributed by atoms with E-state index in [0.29, 0.717) is 25.5 Å². The van der Waals surface area contributed by atoms with Gasteiger partial charge in [-0.15, -0.1) is 0 Å². The van der Waals surface area contributed by atoms with Crippen LogP contribution in [0.3, 0.4) is 0 Å². The lowest BCUT2D eigenvalue weighted by Crippen LogP contribution is -2.40. The van der Waals surface area contributed by atoms with Crippen molar-refractivity contribution in [3.63, 3.8) is 0 Å². The summed E-state index contributed by atoms with van der Waals surface area (Å²) in [7, 11) is 0. The van der Waals surface area contributed by atoms with Crippen LogP contribution in [0.4, 0.5) is 4.39 Å². The van der Waals surface area contributed by atoms with E-state index in [9.17, 15) is 9.18 Å². The summed E-state index contributed by atoms with van der Waals surface area (Å²) in [4.78, 5) is 18.6. The van der Waals surface area contributed by atoms with Gasteiger partial charge in [-0.2, -0.15) is 0 Å². The molecule has 0 bridgehead atoms. The molecule has 1 aromatic heterocycles. The van der Waals surface area contributed by atoms with Crippen LogP contribution in [0.5, 0.6) is 5.75 Å². The van der Waals surface area contributed by atoms with Gasteiger partial charge in [0.1, 0.15) is 5.82 Å². The molecule has 0 saturated carbocycles. The highest BCUT2D eigenvalue weighted by Crippen LogP contribution is 2.23. The average molecular weight is 345 g/mol. The van der Waals surface area contributed by atoms with Gasteiger partial charge in [-0.1, -0.05) is 12.1 Å². The summed E-state index contributed by atoms with van der Waals surface area (Å²) >= 11 is 0. The first-order valence-electron chi connectivity index (χ1n) is 8.79. The van der Waals surface area contributed by atoms with Crippen molar-refractivity contribution in [3.8, 4) is 5.75 Å². The van der Waals surface area contributed by atoms with Gasteiger partial charge in [-0.25, -0.2) is 9.37 Å². The number of aromatic nitrogens is 2. The molecular weight excluding hydrogens is 321 g/mol. The van der Waals surface area contributed by atoms with E-state index >= 15 is 0 Å². The lowest BCUT2D eigenvalue weighted by Gasteiger charge is -2.34. The maximum Gasteiger partial charge on any atom is 0.222 e. The van der Waals surface area contributed by atoms with Crippen LogP contribution in [0, 0.1) is 12.7 Å². The second-order valence-corrected chi connectivity index (χ2v) is 6.40. The summed E-state index contributed by atoms with van der Waals surface area (Å²) in [5, 5.41) is 0. The molecule has 5 nitrogen and oxygen atoms in total. The van der Waals surface area contributed by atoms with Crippen molar-refractivity contribution < 1.29 is 13.9 Å². The molecule has 1 amide bonds. The van der Waals surface area contributed by atoms with Crippen molar-refractivity contribution in [2.45, 2.75) is 38.6 Å². The van der Waals surface area contributed by atoms with Crippen LogP contribution >= 0.6 is 0 Å². The van der Waals surface area contributed by atoms with Gasteiger partial charge in [0, 0.05) is 31.9 Å². The average Bonchev–Trinajstić information content (AvgIpc) is 3.06. The molecule has 25 heavy (non-hydrogen) atoms. The summed E-state index contributed by atoms with van der Waals surface area (Å²) in [5.74, 6) is 0.990. The normalized spacial score (nSPS) is 17.5. The molecule has 1 aliphatic heterocycles. The van der Waals surface area contributed by atoms with Gasteiger partial charge >= 0.3 is 0 Å². The molecule has 1 saturated heterocycles. The highest BCUT2D eigenvalue weighted by molar-refractivity contribution is 5.76. The SMILES string of the molecule is Cc1nccn1[C@@H]1CCCN(C(=O)CCCOc2ccccc2F)C1. The van der Waals surface area contributed by atoms with Crippen LogP contribution in [-0.4, -0.2) is 40.1 Å². The predicted octanol–water partition coefficient (Wildman–Crippen LogP) is 3.35. The number of ether oxygens (including phenoxy) is 1. The standard InChI is InChI=1S/C19H24FN3O2/c1-15-21-10-12-23(15)16-6-4-11-22(14-16)19(24)9-5-13-25-18-8-3-2-7-17(18)20/h2-3,7-8,10,12,16H,4-6,9,11,13-14H2,1H3/t16-/m1/s1. The van der Waals surface area contributed by atoms with Gasteiger partial charge in [0.2, 0.25) is 5.91 Å². The molecule has 1 fully saturated rings. The van der Waals surface area contributed by atoms with Crippen molar-refractivity contribution in [1.82, 2.24) is 14.5 Å². The summed E-state index contributed by atoms with van der Waals surface area (Å²) < 4.78 is 21.0. The lowest BCUT2D eigenvalue weighted by atomic mass is 10.0. The minimum Gasteiger partial charge on any atom is -0.491 e. The smallest absolute Gasteiger partial charge is 0.222 e. The fraction of sp³-hybridized carbons (Fsp3) is 0.474. The Morgan fingerprint density at radius 3 is 3.00 bits per heavy atom. The minimum atomic E-state index is -0.372. The molecule has 6 heteroatoms. The lowest BCUT2D eigenvalue weighted by molar-refractivity contribution is -0.133. The Kier molecular flexibility index (Phi) is 5.68. The predicted molar refractivity (Wildman–Crippen MR) is 92.9 cm³/mol. The number of nitrogens with zero attached hydrogens (tertiary/aromatic N) is 3. The van der Waals surface area contributed by atoms with Crippen LogP contribution in [0.2, 0.25) is 0 Å². The number of benzene rings is 1. The van der Waals surface area contributed by atoms with E-state index in [0.717, 1.165) is 31.8 Å². The van der Waals surface area contributed by atoms with Crippen molar-refractivity contribution in [1.29, 1.82) is 0 Å². The number of carbonyl (C=O) groups is 1. The van der Waals surface area contributed by atoms with E-state index in [4.69, 9.17) is 4.74 Å². The summed E-state index contributed by atoms with van der Waals surface area (Å²) in [6.45, 7) is 3.85.